The van der Waals surface area contributed by atoms with Crippen molar-refractivity contribution in [3.63, 3.8) is 0 Å². The van der Waals surface area contributed by atoms with Crippen molar-refractivity contribution < 1.29 is 23.8 Å². The van der Waals surface area contributed by atoms with Crippen molar-refractivity contribution in [2.45, 2.75) is 31.6 Å². The van der Waals surface area contributed by atoms with Gasteiger partial charge in [-0.1, -0.05) is 24.3 Å². The molecule has 1 unspecified atom stereocenters. The Morgan fingerprint density at radius 2 is 1.85 bits per heavy atom. The van der Waals surface area contributed by atoms with Gasteiger partial charge in [0.15, 0.2) is 5.41 Å². The zero-order valence-corrected chi connectivity index (χ0v) is 19.8. The summed E-state index contributed by atoms with van der Waals surface area (Å²) in [6.07, 6.45) is 1.72. The fraction of sp³-hybridized carbons (Fsp3) is 0.423. The van der Waals surface area contributed by atoms with Crippen molar-refractivity contribution in [1.29, 1.82) is 5.26 Å². The number of hydrogen-bond donors (Lipinski definition) is 0. The van der Waals surface area contributed by atoms with Crippen LogP contribution in [0.2, 0.25) is 0 Å². The average molecular weight is 453 g/mol. The van der Waals surface area contributed by atoms with Gasteiger partial charge in [0.05, 0.1) is 32.5 Å². The molecule has 0 bridgehead atoms. The van der Waals surface area contributed by atoms with Gasteiger partial charge in [0.1, 0.15) is 5.75 Å². The van der Waals surface area contributed by atoms with Gasteiger partial charge >= 0.3 is 11.9 Å². The number of methoxy groups -OCH3 is 2. The van der Waals surface area contributed by atoms with Crippen LogP contribution in [0.3, 0.4) is 0 Å². The number of nitriles is 1. The second-order valence-corrected chi connectivity index (χ2v) is 7.82. The molecule has 176 valence electrons. The lowest BCUT2D eigenvalue weighted by molar-refractivity contribution is -0.148. The fourth-order valence-corrected chi connectivity index (χ4v) is 3.69. The van der Waals surface area contributed by atoms with Crippen LogP contribution < -0.4 is 4.74 Å². The Balaban J connectivity index is 2.03. The second-order valence-electron chi connectivity index (χ2n) is 7.82. The first-order chi connectivity index (χ1) is 15.9. The average Bonchev–Trinajstić information content (AvgIpc) is 2.85. The predicted molar refractivity (Wildman–Crippen MR) is 125 cm³/mol. The van der Waals surface area contributed by atoms with Gasteiger partial charge in [-0.25, -0.2) is 9.59 Å². The van der Waals surface area contributed by atoms with E-state index in [2.05, 4.69) is 11.0 Å². The Morgan fingerprint density at radius 3 is 2.52 bits per heavy atom. The van der Waals surface area contributed by atoms with Gasteiger partial charge in [-0.3, -0.25) is 0 Å². The molecule has 0 heterocycles. The van der Waals surface area contributed by atoms with Gasteiger partial charge in [-0.15, -0.1) is 0 Å². The third-order valence-corrected chi connectivity index (χ3v) is 5.60. The summed E-state index contributed by atoms with van der Waals surface area (Å²) in [5, 5.41) is 10.1. The number of rotatable bonds is 12. The molecule has 0 saturated heterocycles. The van der Waals surface area contributed by atoms with Crippen LogP contribution in [-0.2, 0) is 26.1 Å². The van der Waals surface area contributed by atoms with Crippen LogP contribution in [0.25, 0.3) is 0 Å². The first-order valence-corrected chi connectivity index (χ1v) is 11.0. The highest BCUT2D eigenvalue weighted by molar-refractivity contribution is 5.89. The molecule has 0 aliphatic heterocycles. The van der Waals surface area contributed by atoms with Crippen molar-refractivity contribution in [3.05, 3.63) is 65.2 Å². The van der Waals surface area contributed by atoms with Gasteiger partial charge in [-0.05, 0) is 75.2 Å². The van der Waals surface area contributed by atoms with E-state index in [9.17, 15) is 14.9 Å². The van der Waals surface area contributed by atoms with E-state index in [1.807, 2.05) is 25.2 Å². The van der Waals surface area contributed by atoms with E-state index in [0.29, 0.717) is 36.3 Å². The molecule has 7 nitrogen and oxygen atoms in total. The summed E-state index contributed by atoms with van der Waals surface area (Å²) in [6.45, 7) is 3.40. The topological polar surface area (TPSA) is 88.9 Å². The van der Waals surface area contributed by atoms with Crippen molar-refractivity contribution in [1.82, 2.24) is 4.90 Å². The maximum absolute atomic E-state index is 12.9. The Labute approximate surface area is 195 Å². The summed E-state index contributed by atoms with van der Waals surface area (Å²) < 4.78 is 15.3. The van der Waals surface area contributed by atoms with Crippen LogP contribution >= 0.6 is 0 Å². The van der Waals surface area contributed by atoms with E-state index in [1.54, 1.807) is 44.4 Å². The van der Waals surface area contributed by atoms with Crippen molar-refractivity contribution in [2.24, 2.45) is 0 Å². The Kier molecular flexibility index (Phi) is 9.89. The van der Waals surface area contributed by atoms with Crippen molar-refractivity contribution in [3.8, 4) is 11.8 Å². The Hall–Kier alpha value is -3.37. The minimum atomic E-state index is -1.39. The molecule has 0 fully saturated rings. The number of benzene rings is 2. The fourth-order valence-electron chi connectivity index (χ4n) is 3.69. The summed E-state index contributed by atoms with van der Waals surface area (Å²) in [4.78, 5) is 26.7. The molecule has 0 amide bonds. The standard InChI is InChI=1S/C26H32N2O5/c1-5-33-25(30)26(19-27,22-11-7-12-23(18-22)31-3)14-8-15-28(2)16-13-20-9-6-10-21(17-20)24(29)32-4/h6-7,9-12,17-18H,5,8,13-16H2,1-4H3. The summed E-state index contributed by atoms with van der Waals surface area (Å²) in [5.74, 6) is -0.305. The normalized spacial score (nSPS) is 12.5. The molecular weight excluding hydrogens is 420 g/mol. The van der Waals surface area contributed by atoms with Gasteiger partial charge in [0, 0.05) is 6.54 Å². The third-order valence-electron chi connectivity index (χ3n) is 5.60. The molecule has 2 aromatic carbocycles. The molecule has 0 N–H and O–H groups in total. The zero-order chi connectivity index (χ0) is 24.3. The first kappa shape index (κ1) is 25.9. The lowest BCUT2D eigenvalue weighted by atomic mass is 9.77. The minimum Gasteiger partial charge on any atom is -0.497 e. The number of carbonyl (C=O) groups is 2. The highest BCUT2D eigenvalue weighted by Gasteiger charge is 2.42. The largest absolute Gasteiger partial charge is 0.497 e. The molecule has 0 spiro atoms. The molecule has 0 saturated carbocycles. The van der Waals surface area contributed by atoms with Crippen molar-refractivity contribution in [2.75, 3.05) is 41.0 Å². The van der Waals surface area contributed by atoms with E-state index in [1.165, 1.54) is 7.11 Å². The number of hydrogen-bond acceptors (Lipinski definition) is 7. The molecule has 0 aliphatic carbocycles. The minimum absolute atomic E-state index is 0.205. The number of esters is 2. The van der Waals surface area contributed by atoms with Crippen molar-refractivity contribution >= 4 is 11.9 Å². The van der Waals surface area contributed by atoms with Gasteiger partial charge in [0.25, 0.3) is 0 Å². The Morgan fingerprint density at radius 1 is 1.09 bits per heavy atom. The molecule has 0 aliphatic rings. The summed E-state index contributed by atoms with van der Waals surface area (Å²) >= 11 is 0. The maximum atomic E-state index is 12.9. The van der Waals surface area contributed by atoms with E-state index in [-0.39, 0.29) is 12.6 Å². The molecule has 2 aromatic rings. The first-order valence-electron chi connectivity index (χ1n) is 11.0. The summed E-state index contributed by atoms with van der Waals surface area (Å²) in [6, 6.07) is 16.7. The summed E-state index contributed by atoms with van der Waals surface area (Å²) in [5.41, 5.74) is 0.758. The highest BCUT2D eigenvalue weighted by atomic mass is 16.5. The van der Waals surface area contributed by atoms with Crippen LogP contribution in [-0.4, -0.2) is 57.8 Å². The number of likely N-dealkylation sites (N-methyl/N-ethyl adjacent to an activating group) is 1. The Bertz CT molecular complexity index is 985. The van der Waals surface area contributed by atoms with Gasteiger partial charge < -0.3 is 19.1 Å². The van der Waals surface area contributed by atoms with Crippen LogP contribution in [0, 0.1) is 11.3 Å². The molecule has 0 aromatic heterocycles. The van der Waals surface area contributed by atoms with E-state index >= 15 is 0 Å². The van der Waals surface area contributed by atoms with Crippen LogP contribution in [0.15, 0.2) is 48.5 Å². The van der Waals surface area contributed by atoms with E-state index in [0.717, 1.165) is 18.5 Å². The number of nitrogens with zero attached hydrogens (tertiary/aromatic N) is 2. The molecular formula is C26H32N2O5. The molecule has 1 atom stereocenters. The van der Waals surface area contributed by atoms with Gasteiger partial charge in [0.2, 0.25) is 0 Å². The number of ether oxygens (including phenoxy) is 3. The lowest BCUT2D eigenvalue weighted by Gasteiger charge is -2.26. The van der Waals surface area contributed by atoms with E-state index in [4.69, 9.17) is 14.2 Å². The predicted octanol–water partition coefficient (Wildman–Crippen LogP) is 3.76. The molecule has 2 rings (SSSR count). The van der Waals surface area contributed by atoms with Crippen LogP contribution in [0.5, 0.6) is 5.75 Å². The maximum Gasteiger partial charge on any atom is 0.337 e. The zero-order valence-electron chi connectivity index (χ0n) is 19.8. The molecule has 0 radical (unpaired) electrons. The molecule has 7 heteroatoms. The second kappa shape index (κ2) is 12.6. The quantitative estimate of drug-likeness (QED) is 0.453. The van der Waals surface area contributed by atoms with Crippen LogP contribution in [0.4, 0.5) is 0 Å². The smallest absolute Gasteiger partial charge is 0.337 e. The van der Waals surface area contributed by atoms with Crippen LogP contribution in [0.1, 0.15) is 41.3 Å². The lowest BCUT2D eigenvalue weighted by Crippen LogP contribution is -2.37. The SMILES string of the molecule is CCOC(=O)C(C#N)(CCCN(C)CCc1cccc(C(=O)OC)c1)c1cccc(OC)c1. The molecule has 33 heavy (non-hydrogen) atoms. The van der Waals surface area contributed by atoms with Gasteiger partial charge in [-0.2, -0.15) is 5.26 Å². The third kappa shape index (κ3) is 6.80. The summed E-state index contributed by atoms with van der Waals surface area (Å²) in [7, 11) is 4.91. The number of carbonyl (C=O) groups excluding carboxylic acids is 2. The van der Waals surface area contributed by atoms with E-state index < -0.39 is 11.4 Å². The monoisotopic (exact) mass is 452 g/mol. The highest BCUT2D eigenvalue weighted by Crippen LogP contribution is 2.33.